The van der Waals surface area contributed by atoms with Crippen LogP contribution in [0.5, 0.6) is 11.5 Å². The summed E-state index contributed by atoms with van der Waals surface area (Å²) in [5.41, 5.74) is 7.62. The third-order valence-corrected chi connectivity index (χ3v) is 6.19. The average Bonchev–Trinajstić information content (AvgIpc) is 3.57. The molecule has 3 aromatic rings. The smallest absolute Gasteiger partial charge is 0.240 e. The highest BCUT2D eigenvalue weighted by Crippen LogP contribution is 2.24. The zero-order valence-corrected chi connectivity index (χ0v) is 17.7. The maximum absolute atomic E-state index is 12.2. The van der Waals surface area contributed by atoms with E-state index in [1.165, 1.54) is 0 Å². The van der Waals surface area contributed by atoms with Crippen LogP contribution in [0.2, 0.25) is 0 Å². The first kappa shape index (κ1) is 20.9. The van der Waals surface area contributed by atoms with Gasteiger partial charge in [-0.15, -0.1) is 0 Å². The zero-order valence-electron chi connectivity index (χ0n) is 16.9. The molecule has 1 aliphatic rings. The fraction of sp³-hybridized carbons (Fsp3) is 0.174. The van der Waals surface area contributed by atoms with Crippen LogP contribution in [0.4, 0.5) is 5.69 Å². The molecule has 8 heteroatoms. The van der Waals surface area contributed by atoms with Crippen molar-refractivity contribution in [3.8, 4) is 11.5 Å². The highest BCUT2D eigenvalue weighted by Gasteiger charge is 2.27. The van der Waals surface area contributed by atoms with E-state index < -0.39 is 10.0 Å². The van der Waals surface area contributed by atoms with Gasteiger partial charge in [-0.2, -0.15) is 0 Å². The van der Waals surface area contributed by atoms with Gasteiger partial charge in [0.05, 0.1) is 11.4 Å². The van der Waals surface area contributed by atoms with Crippen LogP contribution in [-0.2, 0) is 16.6 Å². The summed E-state index contributed by atoms with van der Waals surface area (Å²) >= 11 is 0. The van der Waals surface area contributed by atoms with Crippen LogP contribution < -0.4 is 20.5 Å². The molecule has 0 radical (unpaired) electrons. The number of hydrogen-bond acceptors (Lipinski definition) is 4. The lowest BCUT2D eigenvalue weighted by atomic mass is 10.2. The van der Waals surface area contributed by atoms with Gasteiger partial charge in [0.1, 0.15) is 11.5 Å². The molecule has 0 saturated heterocycles. The molecular formula is C23H24N4O3S. The fourth-order valence-electron chi connectivity index (χ4n) is 2.89. The molecule has 1 fully saturated rings. The molecule has 0 heterocycles. The first-order valence-corrected chi connectivity index (χ1v) is 11.5. The molecule has 4 rings (SSSR count). The number of benzene rings is 3. The lowest BCUT2D eigenvalue weighted by molar-refractivity contribution is 0.483. The molecule has 7 nitrogen and oxygen atoms in total. The summed E-state index contributed by atoms with van der Waals surface area (Å²) in [6, 6.07) is 23.7. The van der Waals surface area contributed by atoms with Crippen molar-refractivity contribution in [2.75, 3.05) is 5.32 Å². The van der Waals surface area contributed by atoms with E-state index in [9.17, 15) is 8.42 Å². The minimum absolute atomic E-state index is 0.0803. The van der Waals surface area contributed by atoms with Gasteiger partial charge in [0.15, 0.2) is 5.96 Å². The van der Waals surface area contributed by atoms with E-state index in [4.69, 9.17) is 10.5 Å². The van der Waals surface area contributed by atoms with Gasteiger partial charge in [-0.3, -0.25) is 0 Å². The molecule has 1 aliphatic carbocycles. The second-order valence-corrected chi connectivity index (χ2v) is 9.02. The predicted molar refractivity (Wildman–Crippen MR) is 122 cm³/mol. The van der Waals surface area contributed by atoms with E-state index in [1.807, 2.05) is 54.6 Å². The highest BCUT2D eigenvalue weighted by molar-refractivity contribution is 7.89. The first-order valence-electron chi connectivity index (χ1n) is 9.99. The van der Waals surface area contributed by atoms with Gasteiger partial charge in [-0.25, -0.2) is 18.1 Å². The van der Waals surface area contributed by atoms with E-state index >= 15 is 0 Å². The van der Waals surface area contributed by atoms with Crippen molar-refractivity contribution in [2.24, 2.45) is 10.7 Å². The molecule has 0 aromatic heterocycles. The van der Waals surface area contributed by atoms with E-state index in [0.717, 1.165) is 29.8 Å². The summed E-state index contributed by atoms with van der Waals surface area (Å²) in [6.07, 6.45) is 1.80. The van der Waals surface area contributed by atoms with Crippen LogP contribution in [0.15, 0.2) is 88.8 Å². The molecule has 3 aromatic carbocycles. The number of sulfonamides is 1. The number of ether oxygens (including phenoxy) is 1. The normalized spacial score (nSPS) is 14.3. The minimum atomic E-state index is -3.45. The summed E-state index contributed by atoms with van der Waals surface area (Å²) in [4.78, 5) is 4.59. The van der Waals surface area contributed by atoms with Crippen LogP contribution in [-0.4, -0.2) is 20.4 Å². The monoisotopic (exact) mass is 436 g/mol. The largest absolute Gasteiger partial charge is 0.457 e. The van der Waals surface area contributed by atoms with Gasteiger partial charge < -0.3 is 15.8 Å². The van der Waals surface area contributed by atoms with Gasteiger partial charge in [0.25, 0.3) is 0 Å². The number of guanidine groups is 1. The van der Waals surface area contributed by atoms with E-state index in [2.05, 4.69) is 15.0 Å². The molecule has 1 saturated carbocycles. The highest BCUT2D eigenvalue weighted by atomic mass is 32.2. The Morgan fingerprint density at radius 3 is 2.39 bits per heavy atom. The number of nitrogens with two attached hydrogens (primary N) is 1. The van der Waals surface area contributed by atoms with Crippen LogP contribution in [0.1, 0.15) is 18.4 Å². The van der Waals surface area contributed by atoms with Gasteiger partial charge in [0, 0.05) is 17.8 Å². The van der Waals surface area contributed by atoms with Crippen molar-refractivity contribution in [3.05, 3.63) is 84.4 Å². The Labute approximate surface area is 182 Å². The standard InChI is InChI=1S/C23H24N4O3S/c24-23(26-19-5-4-8-21(15-19)30-20-6-2-1-3-7-20)25-16-17-9-13-22(14-10-17)31(28,29)27-18-11-12-18/h1-10,13-15,18,27H,11-12,16H2,(H3,24,25,26). The number of hydrogen-bond donors (Lipinski definition) is 3. The Kier molecular flexibility index (Phi) is 6.20. The number of aliphatic imine (C=N–C) groups is 1. The number of nitrogens with one attached hydrogen (secondary N) is 2. The number of rotatable bonds is 8. The zero-order chi connectivity index (χ0) is 21.7. The lowest BCUT2D eigenvalue weighted by Gasteiger charge is -2.09. The number of anilines is 1. The fourth-order valence-corrected chi connectivity index (χ4v) is 4.19. The molecule has 160 valence electrons. The summed E-state index contributed by atoms with van der Waals surface area (Å²) in [5.74, 6) is 1.68. The molecule has 4 N–H and O–H groups in total. The third kappa shape index (κ3) is 6.07. The van der Waals surface area contributed by atoms with Crippen molar-refractivity contribution >= 4 is 21.7 Å². The Morgan fingerprint density at radius 1 is 0.968 bits per heavy atom. The molecule has 31 heavy (non-hydrogen) atoms. The maximum Gasteiger partial charge on any atom is 0.240 e. The Bertz CT molecular complexity index is 1160. The number of para-hydroxylation sites is 1. The summed E-state index contributed by atoms with van der Waals surface area (Å²) in [6.45, 7) is 0.329. The molecule has 0 aliphatic heterocycles. The lowest BCUT2D eigenvalue weighted by Crippen LogP contribution is -2.25. The van der Waals surface area contributed by atoms with Crippen molar-refractivity contribution in [1.29, 1.82) is 0 Å². The van der Waals surface area contributed by atoms with Crippen LogP contribution in [0.25, 0.3) is 0 Å². The third-order valence-electron chi connectivity index (χ3n) is 4.65. The SMILES string of the molecule is NC(=NCc1ccc(S(=O)(=O)NC2CC2)cc1)Nc1cccc(Oc2ccccc2)c1. The van der Waals surface area contributed by atoms with Gasteiger partial charge >= 0.3 is 0 Å². The van der Waals surface area contributed by atoms with Crippen molar-refractivity contribution < 1.29 is 13.2 Å². The Hall–Kier alpha value is -3.36. The second-order valence-electron chi connectivity index (χ2n) is 7.31. The quantitative estimate of drug-likeness (QED) is 0.367. The van der Waals surface area contributed by atoms with Gasteiger partial charge in [0.2, 0.25) is 10.0 Å². The van der Waals surface area contributed by atoms with E-state index in [1.54, 1.807) is 24.3 Å². The molecule has 0 atom stereocenters. The first-order chi connectivity index (χ1) is 15.0. The topological polar surface area (TPSA) is 106 Å². The summed E-state index contributed by atoms with van der Waals surface area (Å²) < 4.78 is 32.9. The summed E-state index contributed by atoms with van der Waals surface area (Å²) in [7, 11) is -3.45. The summed E-state index contributed by atoms with van der Waals surface area (Å²) in [5, 5.41) is 3.04. The van der Waals surface area contributed by atoms with E-state index in [0.29, 0.717) is 12.3 Å². The molecule has 0 unspecified atom stereocenters. The minimum Gasteiger partial charge on any atom is -0.457 e. The molecule has 0 amide bonds. The van der Waals surface area contributed by atoms with Gasteiger partial charge in [-0.05, 0) is 54.8 Å². The predicted octanol–water partition coefficient (Wildman–Crippen LogP) is 3.85. The van der Waals surface area contributed by atoms with Crippen LogP contribution in [0.3, 0.4) is 0 Å². The Balaban J connectivity index is 1.35. The second kappa shape index (κ2) is 9.20. The van der Waals surface area contributed by atoms with Crippen molar-refractivity contribution in [2.45, 2.75) is 30.3 Å². The Morgan fingerprint density at radius 2 is 1.68 bits per heavy atom. The number of nitrogens with zero attached hydrogens (tertiary/aromatic N) is 1. The molecule has 0 bridgehead atoms. The molecular weight excluding hydrogens is 412 g/mol. The average molecular weight is 437 g/mol. The van der Waals surface area contributed by atoms with Crippen molar-refractivity contribution in [1.82, 2.24) is 4.72 Å². The molecule has 0 spiro atoms. The maximum atomic E-state index is 12.2. The van der Waals surface area contributed by atoms with Crippen molar-refractivity contribution in [3.63, 3.8) is 0 Å². The van der Waals surface area contributed by atoms with Crippen LogP contribution in [0, 0.1) is 0 Å². The van der Waals surface area contributed by atoms with E-state index in [-0.39, 0.29) is 16.9 Å². The van der Waals surface area contributed by atoms with Crippen LogP contribution >= 0.6 is 0 Å². The van der Waals surface area contributed by atoms with Gasteiger partial charge in [-0.1, -0.05) is 36.4 Å².